The van der Waals surface area contributed by atoms with Crippen LogP contribution in [0.15, 0.2) is 36.4 Å². The summed E-state index contributed by atoms with van der Waals surface area (Å²) in [6.45, 7) is 2.93. The maximum Gasteiger partial charge on any atom is 0.222 e. The normalized spacial score (nSPS) is 10.9. The molecule has 5 nitrogen and oxygen atoms in total. The first kappa shape index (κ1) is 16.1. The minimum Gasteiger partial charge on any atom is -0.368 e. The molecule has 24 heavy (non-hydrogen) atoms. The van der Waals surface area contributed by atoms with Gasteiger partial charge in [-0.3, -0.25) is 0 Å². The zero-order valence-corrected chi connectivity index (χ0v) is 13.6. The summed E-state index contributed by atoms with van der Waals surface area (Å²) in [6.07, 6.45) is 2.67. The third-order valence-electron chi connectivity index (χ3n) is 3.71. The number of aromatic nitrogens is 3. The van der Waals surface area contributed by atoms with E-state index in [1.165, 1.54) is 12.1 Å². The zero-order valence-electron chi connectivity index (χ0n) is 13.6. The number of pyridine rings is 1. The van der Waals surface area contributed by atoms with Gasteiger partial charge in [0, 0.05) is 18.7 Å². The fraction of sp³-hybridized carbons (Fsp3) is 0.278. The van der Waals surface area contributed by atoms with E-state index in [4.69, 9.17) is 5.73 Å². The summed E-state index contributed by atoms with van der Waals surface area (Å²) in [5.41, 5.74) is 8.87. The molecule has 2 aromatic heterocycles. The standard InChI is InChI=1S/C18H20FN5/c1-2-3-9-21-17-16-15(23-18(20)24-17)8-7-14(22-16)11-12-5-4-6-13(19)10-12/h4-8,10H,2-3,9,11H2,1H3,(H3,20,21,23,24). The van der Waals surface area contributed by atoms with Crippen LogP contribution in [0.1, 0.15) is 31.0 Å². The predicted octanol–water partition coefficient (Wildman–Crippen LogP) is 3.55. The first-order chi connectivity index (χ1) is 11.7. The molecule has 3 aromatic rings. The molecule has 2 heterocycles. The minimum atomic E-state index is -0.244. The van der Waals surface area contributed by atoms with Crippen molar-refractivity contribution in [1.82, 2.24) is 15.0 Å². The Kier molecular flexibility index (Phi) is 4.84. The predicted molar refractivity (Wildman–Crippen MR) is 94.3 cm³/mol. The summed E-state index contributed by atoms with van der Waals surface area (Å²) in [5.74, 6) is 0.625. The van der Waals surface area contributed by atoms with Gasteiger partial charge in [-0.05, 0) is 36.2 Å². The number of rotatable bonds is 6. The van der Waals surface area contributed by atoms with Gasteiger partial charge in [0.2, 0.25) is 5.95 Å². The van der Waals surface area contributed by atoms with E-state index in [0.29, 0.717) is 23.3 Å². The van der Waals surface area contributed by atoms with E-state index in [9.17, 15) is 4.39 Å². The number of nitrogens with one attached hydrogen (secondary N) is 1. The van der Waals surface area contributed by atoms with Gasteiger partial charge in [-0.2, -0.15) is 4.98 Å². The van der Waals surface area contributed by atoms with Gasteiger partial charge in [0.25, 0.3) is 0 Å². The van der Waals surface area contributed by atoms with Gasteiger partial charge in [0.05, 0.1) is 5.52 Å². The molecule has 0 aliphatic carbocycles. The van der Waals surface area contributed by atoms with E-state index >= 15 is 0 Å². The first-order valence-corrected chi connectivity index (χ1v) is 8.07. The topological polar surface area (TPSA) is 76.7 Å². The fourth-order valence-corrected chi connectivity index (χ4v) is 2.53. The lowest BCUT2D eigenvalue weighted by Crippen LogP contribution is -2.08. The molecule has 0 fully saturated rings. The number of nitrogens with two attached hydrogens (primary N) is 1. The Morgan fingerprint density at radius 1 is 1.12 bits per heavy atom. The lowest BCUT2D eigenvalue weighted by atomic mass is 10.1. The lowest BCUT2D eigenvalue weighted by molar-refractivity contribution is 0.626. The molecule has 124 valence electrons. The number of nitrogens with zero attached hydrogens (tertiary/aromatic N) is 3. The molecule has 0 radical (unpaired) electrons. The van der Waals surface area contributed by atoms with Crippen molar-refractivity contribution in [3.63, 3.8) is 0 Å². The molecule has 0 bridgehead atoms. The second-order valence-corrected chi connectivity index (χ2v) is 5.69. The third-order valence-corrected chi connectivity index (χ3v) is 3.71. The van der Waals surface area contributed by atoms with Crippen LogP contribution in [-0.4, -0.2) is 21.5 Å². The summed E-state index contributed by atoms with van der Waals surface area (Å²) in [7, 11) is 0. The number of benzene rings is 1. The Balaban J connectivity index is 1.93. The molecule has 3 N–H and O–H groups in total. The smallest absolute Gasteiger partial charge is 0.222 e. The van der Waals surface area contributed by atoms with Crippen LogP contribution in [0.3, 0.4) is 0 Å². The summed E-state index contributed by atoms with van der Waals surface area (Å²) in [6, 6.07) is 10.3. The van der Waals surface area contributed by atoms with Crippen molar-refractivity contribution in [2.24, 2.45) is 0 Å². The highest BCUT2D eigenvalue weighted by Crippen LogP contribution is 2.21. The second-order valence-electron chi connectivity index (χ2n) is 5.69. The number of nitrogen functional groups attached to an aromatic ring is 1. The van der Waals surface area contributed by atoms with Gasteiger partial charge in [0.1, 0.15) is 11.3 Å². The molecule has 0 amide bonds. The number of fused-ring (bicyclic) bond motifs is 1. The van der Waals surface area contributed by atoms with Gasteiger partial charge >= 0.3 is 0 Å². The van der Waals surface area contributed by atoms with E-state index in [0.717, 1.165) is 30.6 Å². The van der Waals surface area contributed by atoms with Crippen molar-refractivity contribution in [1.29, 1.82) is 0 Å². The van der Waals surface area contributed by atoms with Crippen molar-refractivity contribution in [2.75, 3.05) is 17.6 Å². The number of hydrogen-bond donors (Lipinski definition) is 2. The van der Waals surface area contributed by atoms with Crippen LogP contribution in [0.2, 0.25) is 0 Å². The summed E-state index contributed by atoms with van der Waals surface area (Å²) in [4.78, 5) is 13.2. The molecular weight excluding hydrogens is 305 g/mol. The van der Waals surface area contributed by atoms with Crippen molar-refractivity contribution in [2.45, 2.75) is 26.2 Å². The van der Waals surface area contributed by atoms with Crippen molar-refractivity contribution in [3.8, 4) is 0 Å². The quantitative estimate of drug-likeness (QED) is 0.678. The van der Waals surface area contributed by atoms with E-state index in [1.54, 1.807) is 6.07 Å². The molecule has 1 aromatic carbocycles. The first-order valence-electron chi connectivity index (χ1n) is 8.07. The third kappa shape index (κ3) is 3.76. The summed E-state index contributed by atoms with van der Waals surface area (Å²) < 4.78 is 13.3. The average molecular weight is 325 g/mol. The minimum absolute atomic E-state index is 0.223. The van der Waals surface area contributed by atoms with Gasteiger partial charge in [0.15, 0.2) is 5.82 Å². The van der Waals surface area contributed by atoms with Crippen LogP contribution in [-0.2, 0) is 6.42 Å². The SMILES string of the molecule is CCCCNc1nc(N)nc2ccc(Cc3cccc(F)c3)nc12. The highest BCUT2D eigenvalue weighted by molar-refractivity contribution is 5.86. The number of unbranched alkanes of at least 4 members (excludes halogenated alkanes) is 1. The fourth-order valence-electron chi connectivity index (χ4n) is 2.53. The molecule has 0 saturated heterocycles. The molecule has 0 saturated carbocycles. The van der Waals surface area contributed by atoms with E-state index in [2.05, 4.69) is 27.2 Å². The van der Waals surface area contributed by atoms with Crippen LogP contribution in [0.5, 0.6) is 0 Å². The number of halogens is 1. The van der Waals surface area contributed by atoms with E-state index in [1.807, 2.05) is 18.2 Å². The van der Waals surface area contributed by atoms with Crippen LogP contribution in [0.4, 0.5) is 16.2 Å². The lowest BCUT2D eigenvalue weighted by Gasteiger charge is -2.10. The largest absolute Gasteiger partial charge is 0.368 e. The van der Waals surface area contributed by atoms with Crippen LogP contribution >= 0.6 is 0 Å². The molecule has 0 aliphatic heterocycles. The van der Waals surface area contributed by atoms with Gasteiger partial charge in [-0.1, -0.05) is 25.5 Å². The highest BCUT2D eigenvalue weighted by Gasteiger charge is 2.09. The molecule has 3 rings (SSSR count). The van der Waals surface area contributed by atoms with Gasteiger partial charge < -0.3 is 11.1 Å². The number of anilines is 2. The summed E-state index contributed by atoms with van der Waals surface area (Å²) >= 11 is 0. The average Bonchev–Trinajstić information content (AvgIpc) is 2.55. The van der Waals surface area contributed by atoms with Crippen molar-refractivity contribution < 1.29 is 4.39 Å². The molecule has 0 unspecified atom stereocenters. The molecule has 0 spiro atoms. The molecular formula is C18H20FN5. The van der Waals surface area contributed by atoms with E-state index < -0.39 is 0 Å². The maximum atomic E-state index is 13.3. The monoisotopic (exact) mass is 325 g/mol. The highest BCUT2D eigenvalue weighted by atomic mass is 19.1. The second kappa shape index (κ2) is 7.21. The Bertz CT molecular complexity index is 850. The zero-order chi connectivity index (χ0) is 16.9. The number of hydrogen-bond acceptors (Lipinski definition) is 5. The maximum absolute atomic E-state index is 13.3. The molecule has 0 aliphatic rings. The van der Waals surface area contributed by atoms with Crippen molar-refractivity contribution in [3.05, 3.63) is 53.5 Å². The molecule has 6 heteroatoms. The molecule has 0 atom stereocenters. The Morgan fingerprint density at radius 2 is 2.00 bits per heavy atom. The summed E-state index contributed by atoms with van der Waals surface area (Å²) in [5, 5.41) is 3.28. The van der Waals surface area contributed by atoms with Crippen LogP contribution in [0.25, 0.3) is 11.0 Å². The van der Waals surface area contributed by atoms with Crippen molar-refractivity contribution >= 4 is 22.8 Å². The Labute approximate surface area is 140 Å². The van der Waals surface area contributed by atoms with E-state index in [-0.39, 0.29) is 11.8 Å². The van der Waals surface area contributed by atoms with Gasteiger partial charge in [-0.25, -0.2) is 14.4 Å². The van der Waals surface area contributed by atoms with Crippen LogP contribution in [0, 0.1) is 5.82 Å². The van der Waals surface area contributed by atoms with Gasteiger partial charge in [-0.15, -0.1) is 0 Å². The Hall–Kier alpha value is -2.76. The van der Waals surface area contributed by atoms with Crippen LogP contribution < -0.4 is 11.1 Å². The Morgan fingerprint density at radius 3 is 2.79 bits per heavy atom.